The van der Waals surface area contributed by atoms with Gasteiger partial charge in [-0.3, -0.25) is 0 Å². The van der Waals surface area contributed by atoms with E-state index in [1.807, 2.05) is 12.1 Å². The third kappa shape index (κ3) is 3.93. The molecule has 0 bridgehead atoms. The van der Waals surface area contributed by atoms with E-state index in [9.17, 15) is 4.39 Å². The Bertz CT molecular complexity index is 294. The minimum absolute atomic E-state index is 0.160. The van der Waals surface area contributed by atoms with Gasteiger partial charge in [-0.2, -0.15) is 0 Å². The van der Waals surface area contributed by atoms with Crippen molar-refractivity contribution < 1.29 is 4.39 Å². The molecule has 1 N–H and O–H groups in total. The molecule has 0 heterocycles. The third-order valence-corrected chi connectivity index (χ3v) is 3.17. The van der Waals surface area contributed by atoms with E-state index in [4.69, 9.17) is 0 Å². The van der Waals surface area contributed by atoms with E-state index in [0.29, 0.717) is 12.0 Å². The van der Waals surface area contributed by atoms with Gasteiger partial charge in [0.05, 0.1) is 0 Å². The quantitative estimate of drug-likeness (QED) is 0.779. The first-order valence-corrected chi connectivity index (χ1v) is 6.15. The highest BCUT2D eigenvalue weighted by molar-refractivity contribution is 5.17. The molecule has 0 aromatic heterocycles. The second kappa shape index (κ2) is 6.64. The molecule has 2 heteroatoms. The summed E-state index contributed by atoms with van der Waals surface area (Å²) in [4.78, 5) is 0. The molecule has 16 heavy (non-hydrogen) atoms. The highest BCUT2D eigenvalue weighted by atomic mass is 19.1. The van der Waals surface area contributed by atoms with Gasteiger partial charge in [0.25, 0.3) is 0 Å². The molecule has 2 unspecified atom stereocenters. The van der Waals surface area contributed by atoms with Crippen LogP contribution in [0.4, 0.5) is 4.39 Å². The van der Waals surface area contributed by atoms with Crippen molar-refractivity contribution in [2.45, 2.75) is 39.7 Å². The summed E-state index contributed by atoms with van der Waals surface area (Å²) in [6, 6.07) is 7.31. The van der Waals surface area contributed by atoms with Crippen LogP contribution in [-0.2, 0) is 6.42 Å². The number of hydrogen-bond acceptors (Lipinski definition) is 1. The average molecular weight is 223 g/mol. The summed E-state index contributed by atoms with van der Waals surface area (Å²) in [5.41, 5.74) is 1.20. The molecular formula is C14H22FN. The van der Waals surface area contributed by atoms with E-state index < -0.39 is 0 Å². The van der Waals surface area contributed by atoms with E-state index >= 15 is 0 Å². The summed E-state index contributed by atoms with van der Waals surface area (Å²) < 4.78 is 12.8. The topological polar surface area (TPSA) is 12.0 Å². The number of likely N-dealkylation sites (N-methyl/N-ethyl adjacent to an activating group) is 1. The zero-order valence-corrected chi connectivity index (χ0v) is 10.5. The molecule has 1 aromatic carbocycles. The van der Waals surface area contributed by atoms with Crippen LogP contribution in [0.3, 0.4) is 0 Å². The summed E-state index contributed by atoms with van der Waals surface area (Å²) in [5.74, 6) is 0.484. The normalized spacial score (nSPS) is 14.8. The summed E-state index contributed by atoms with van der Waals surface area (Å²) >= 11 is 0. The van der Waals surface area contributed by atoms with Crippen LogP contribution < -0.4 is 5.32 Å². The van der Waals surface area contributed by atoms with Crippen LogP contribution >= 0.6 is 0 Å². The lowest BCUT2D eigenvalue weighted by Crippen LogP contribution is -2.36. The molecule has 0 aliphatic heterocycles. The van der Waals surface area contributed by atoms with Gasteiger partial charge < -0.3 is 5.32 Å². The molecule has 0 aliphatic carbocycles. The van der Waals surface area contributed by atoms with E-state index in [1.54, 1.807) is 0 Å². The fourth-order valence-corrected chi connectivity index (χ4v) is 1.90. The number of rotatable bonds is 6. The smallest absolute Gasteiger partial charge is 0.123 e. The highest BCUT2D eigenvalue weighted by Crippen LogP contribution is 2.14. The van der Waals surface area contributed by atoms with Crippen molar-refractivity contribution in [3.8, 4) is 0 Å². The van der Waals surface area contributed by atoms with E-state index in [-0.39, 0.29) is 5.82 Å². The van der Waals surface area contributed by atoms with Crippen LogP contribution in [0.1, 0.15) is 32.8 Å². The standard InChI is InChI=1S/C14H22FN/c1-4-11(3)14(16-5-2)10-12-6-8-13(15)9-7-12/h6-9,11,14,16H,4-5,10H2,1-3H3. The van der Waals surface area contributed by atoms with Crippen molar-refractivity contribution in [3.63, 3.8) is 0 Å². The van der Waals surface area contributed by atoms with Gasteiger partial charge in [-0.1, -0.05) is 39.3 Å². The Morgan fingerprint density at radius 2 is 1.81 bits per heavy atom. The summed E-state index contributed by atoms with van der Waals surface area (Å²) in [6.07, 6.45) is 2.14. The SMILES string of the molecule is CCNC(Cc1ccc(F)cc1)C(C)CC. The molecule has 0 saturated heterocycles. The van der Waals surface area contributed by atoms with Crippen molar-refractivity contribution in [2.24, 2.45) is 5.92 Å². The van der Waals surface area contributed by atoms with Gasteiger partial charge in [0, 0.05) is 6.04 Å². The van der Waals surface area contributed by atoms with Gasteiger partial charge in [0.15, 0.2) is 0 Å². The van der Waals surface area contributed by atoms with Crippen LogP contribution in [0.2, 0.25) is 0 Å². The van der Waals surface area contributed by atoms with Crippen molar-refractivity contribution >= 4 is 0 Å². The zero-order valence-electron chi connectivity index (χ0n) is 10.5. The molecule has 0 saturated carbocycles. The molecule has 1 rings (SSSR count). The lowest BCUT2D eigenvalue weighted by Gasteiger charge is -2.24. The summed E-state index contributed by atoms with van der Waals surface area (Å²) in [7, 11) is 0. The van der Waals surface area contributed by atoms with Crippen LogP contribution in [0, 0.1) is 11.7 Å². The molecule has 0 amide bonds. The predicted molar refractivity (Wildman–Crippen MR) is 67.0 cm³/mol. The monoisotopic (exact) mass is 223 g/mol. The van der Waals surface area contributed by atoms with Crippen molar-refractivity contribution in [3.05, 3.63) is 35.6 Å². The summed E-state index contributed by atoms with van der Waals surface area (Å²) in [5, 5.41) is 3.50. The van der Waals surface area contributed by atoms with Gasteiger partial charge in [0.1, 0.15) is 5.82 Å². The lowest BCUT2D eigenvalue weighted by atomic mass is 9.93. The molecule has 1 aromatic rings. The molecule has 1 nitrogen and oxygen atoms in total. The average Bonchev–Trinajstić information content (AvgIpc) is 2.30. The number of hydrogen-bond donors (Lipinski definition) is 1. The second-order valence-corrected chi connectivity index (χ2v) is 4.38. The van der Waals surface area contributed by atoms with Crippen molar-refractivity contribution in [1.82, 2.24) is 5.32 Å². The molecule has 0 aliphatic rings. The molecule has 90 valence electrons. The Hall–Kier alpha value is -0.890. The molecule has 2 atom stereocenters. The maximum Gasteiger partial charge on any atom is 0.123 e. The first-order chi connectivity index (χ1) is 7.67. The van der Waals surface area contributed by atoms with Crippen LogP contribution in [0.15, 0.2) is 24.3 Å². The Labute approximate surface area is 98.1 Å². The molecular weight excluding hydrogens is 201 g/mol. The second-order valence-electron chi connectivity index (χ2n) is 4.38. The van der Waals surface area contributed by atoms with E-state index in [1.165, 1.54) is 24.1 Å². The van der Waals surface area contributed by atoms with Gasteiger partial charge >= 0.3 is 0 Å². The van der Waals surface area contributed by atoms with Crippen molar-refractivity contribution in [1.29, 1.82) is 0 Å². The minimum atomic E-state index is -0.160. The highest BCUT2D eigenvalue weighted by Gasteiger charge is 2.14. The van der Waals surface area contributed by atoms with E-state index in [0.717, 1.165) is 13.0 Å². The van der Waals surface area contributed by atoms with Gasteiger partial charge in [0.2, 0.25) is 0 Å². The summed E-state index contributed by atoms with van der Waals surface area (Å²) in [6.45, 7) is 7.58. The van der Waals surface area contributed by atoms with Crippen LogP contribution in [0.25, 0.3) is 0 Å². The van der Waals surface area contributed by atoms with Gasteiger partial charge in [-0.25, -0.2) is 4.39 Å². The largest absolute Gasteiger partial charge is 0.314 e. The van der Waals surface area contributed by atoms with Crippen LogP contribution in [0.5, 0.6) is 0 Å². The molecule has 0 fully saturated rings. The maximum atomic E-state index is 12.8. The minimum Gasteiger partial charge on any atom is -0.314 e. The predicted octanol–water partition coefficient (Wildman–Crippen LogP) is 3.39. The maximum absolute atomic E-state index is 12.8. The van der Waals surface area contributed by atoms with Crippen molar-refractivity contribution in [2.75, 3.05) is 6.54 Å². The fourth-order valence-electron chi connectivity index (χ4n) is 1.90. The zero-order chi connectivity index (χ0) is 12.0. The number of halogens is 1. The van der Waals surface area contributed by atoms with E-state index in [2.05, 4.69) is 26.1 Å². The first kappa shape index (κ1) is 13.2. The lowest BCUT2D eigenvalue weighted by molar-refractivity contribution is 0.371. The van der Waals surface area contributed by atoms with Gasteiger partial charge in [-0.15, -0.1) is 0 Å². The fraction of sp³-hybridized carbons (Fsp3) is 0.571. The Balaban J connectivity index is 2.63. The molecule has 0 spiro atoms. The third-order valence-electron chi connectivity index (χ3n) is 3.17. The Kier molecular flexibility index (Phi) is 5.47. The first-order valence-electron chi connectivity index (χ1n) is 6.15. The molecule has 0 radical (unpaired) electrons. The number of benzene rings is 1. The Morgan fingerprint density at radius 3 is 2.31 bits per heavy atom. The number of nitrogens with one attached hydrogen (secondary N) is 1. The Morgan fingerprint density at radius 1 is 1.19 bits per heavy atom. The van der Waals surface area contributed by atoms with Gasteiger partial charge in [-0.05, 0) is 36.6 Å². The van der Waals surface area contributed by atoms with Crippen LogP contribution in [-0.4, -0.2) is 12.6 Å².